The van der Waals surface area contributed by atoms with Gasteiger partial charge in [-0.15, -0.1) is 0 Å². The van der Waals surface area contributed by atoms with Crippen molar-refractivity contribution in [1.82, 2.24) is 9.78 Å². The van der Waals surface area contributed by atoms with E-state index >= 15 is 0 Å². The van der Waals surface area contributed by atoms with Crippen LogP contribution in [-0.4, -0.2) is 22.8 Å². The summed E-state index contributed by atoms with van der Waals surface area (Å²) in [4.78, 5) is 12.5. The largest absolute Gasteiger partial charge is 0.496 e. The summed E-state index contributed by atoms with van der Waals surface area (Å²) in [6.45, 7) is 5.08. The number of benzene rings is 3. The van der Waals surface area contributed by atoms with E-state index in [4.69, 9.17) is 9.47 Å². The van der Waals surface area contributed by atoms with Gasteiger partial charge in [0.2, 0.25) is 5.91 Å². The van der Waals surface area contributed by atoms with Crippen LogP contribution in [0.1, 0.15) is 27.8 Å². The zero-order valence-corrected chi connectivity index (χ0v) is 20.2. The smallest absolute Gasteiger partial charge is 0.248 e. The predicted molar refractivity (Wildman–Crippen MR) is 139 cm³/mol. The number of nitrogens with zero attached hydrogens (tertiary/aromatic N) is 2. The molecule has 0 bridgehead atoms. The third-order valence-electron chi connectivity index (χ3n) is 5.57. The summed E-state index contributed by atoms with van der Waals surface area (Å²) in [6, 6.07) is 21.9. The Morgan fingerprint density at radius 1 is 1.03 bits per heavy atom. The Kier molecular flexibility index (Phi) is 7.63. The summed E-state index contributed by atoms with van der Waals surface area (Å²) in [7, 11) is 1.63. The Labute approximate surface area is 205 Å². The first kappa shape index (κ1) is 23.8. The van der Waals surface area contributed by atoms with Crippen LogP contribution in [-0.2, 0) is 17.9 Å². The number of para-hydroxylation sites is 1. The Morgan fingerprint density at radius 2 is 1.83 bits per heavy atom. The number of hydrogen-bond donors (Lipinski definition) is 1. The van der Waals surface area contributed by atoms with Crippen LogP contribution >= 0.6 is 0 Å². The fourth-order valence-corrected chi connectivity index (χ4v) is 3.64. The molecule has 1 amide bonds. The molecule has 178 valence electrons. The van der Waals surface area contributed by atoms with Crippen molar-refractivity contribution in [2.75, 3.05) is 12.4 Å². The summed E-state index contributed by atoms with van der Waals surface area (Å²) in [6.07, 6.45) is 6.74. The van der Waals surface area contributed by atoms with E-state index in [2.05, 4.69) is 41.6 Å². The summed E-state index contributed by atoms with van der Waals surface area (Å²) in [5.41, 5.74) is 5.86. The van der Waals surface area contributed by atoms with Gasteiger partial charge in [0.15, 0.2) is 0 Å². The van der Waals surface area contributed by atoms with E-state index in [0.717, 1.165) is 33.8 Å². The first-order valence-electron chi connectivity index (χ1n) is 11.4. The number of carbonyl (C=O) groups excluding carboxylic acids is 1. The lowest BCUT2D eigenvalue weighted by Gasteiger charge is -2.12. The standard InChI is InChI=1S/C29H29N3O3/c1-21-8-10-24(11-9-21)18-32-19-26(17-30-32)31-29(33)15-13-23-12-14-28(34-3)25(16-23)20-35-27-7-5-4-6-22(27)2/h4-17,19H,18,20H2,1-3H3,(H,31,33)/b15-13+. The molecule has 3 aromatic carbocycles. The number of amides is 1. The van der Waals surface area contributed by atoms with Crippen LogP contribution in [0.15, 0.2) is 85.2 Å². The van der Waals surface area contributed by atoms with Crippen molar-refractivity contribution in [2.45, 2.75) is 27.0 Å². The van der Waals surface area contributed by atoms with E-state index in [1.54, 1.807) is 24.1 Å². The van der Waals surface area contributed by atoms with Gasteiger partial charge in [0.1, 0.15) is 18.1 Å². The Hall–Kier alpha value is -4.32. The first-order chi connectivity index (χ1) is 17.0. The van der Waals surface area contributed by atoms with E-state index in [1.165, 1.54) is 11.6 Å². The third kappa shape index (κ3) is 6.60. The maximum absolute atomic E-state index is 12.5. The minimum atomic E-state index is -0.228. The Bertz CT molecular complexity index is 1320. The molecule has 0 radical (unpaired) electrons. The van der Waals surface area contributed by atoms with Crippen molar-refractivity contribution in [3.8, 4) is 11.5 Å². The van der Waals surface area contributed by atoms with E-state index in [0.29, 0.717) is 18.8 Å². The molecule has 0 aliphatic carbocycles. The molecule has 35 heavy (non-hydrogen) atoms. The number of anilines is 1. The van der Waals surface area contributed by atoms with Gasteiger partial charge in [0, 0.05) is 17.8 Å². The number of carbonyl (C=O) groups is 1. The van der Waals surface area contributed by atoms with E-state index in [-0.39, 0.29) is 5.91 Å². The first-order valence-corrected chi connectivity index (χ1v) is 11.4. The third-order valence-corrected chi connectivity index (χ3v) is 5.57. The van der Waals surface area contributed by atoms with E-state index in [1.807, 2.05) is 55.6 Å². The molecule has 0 fully saturated rings. The highest BCUT2D eigenvalue weighted by Gasteiger charge is 2.07. The molecular formula is C29H29N3O3. The lowest BCUT2D eigenvalue weighted by molar-refractivity contribution is -0.111. The van der Waals surface area contributed by atoms with Crippen LogP contribution in [0.3, 0.4) is 0 Å². The van der Waals surface area contributed by atoms with Crippen molar-refractivity contribution < 1.29 is 14.3 Å². The molecule has 0 saturated carbocycles. The summed E-state index contributed by atoms with van der Waals surface area (Å²) in [5, 5.41) is 7.20. The Balaban J connectivity index is 1.37. The molecule has 0 aliphatic rings. The van der Waals surface area contributed by atoms with Gasteiger partial charge < -0.3 is 14.8 Å². The highest BCUT2D eigenvalue weighted by atomic mass is 16.5. The molecule has 0 saturated heterocycles. The van der Waals surface area contributed by atoms with Crippen LogP contribution in [0.2, 0.25) is 0 Å². The van der Waals surface area contributed by atoms with Gasteiger partial charge in [-0.05, 0) is 54.8 Å². The second-order valence-electron chi connectivity index (χ2n) is 8.36. The minimum absolute atomic E-state index is 0.228. The number of rotatable bonds is 9. The molecule has 6 nitrogen and oxygen atoms in total. The SMILES string of the molecule is COc1ccc(/C=C/C(=O)Nc2cnn(Cc3ccc(C)cc3)c2)cc1COc1ccccc1C. The van der Waals surface area contributed by atoms with E-state index < -0.39 is 0 Å². The van der Waals surface area contributed by atoms with Crippen molar-refractivity contribution >= 4 is 17.7 Å². The number of methoxy groups -OCH3 is 1. The minimum Gasteiger partial charge on any atom is -0.496 e. The van der Waals surface area contributed by atoms with Gasteiger partial charge in [-0.25, -0.2) is 0 Å². The second-order valence-corrected chi connectivity index (χ2v) is 8.36. The fraction of sp³-hybridized carbons (Fsp3) is 0.172. The molecule has 0 spiro atoms. The maximum Gasteiger partial charge on any atom is 0.248 e. The predicted octanol–water partition coefficient (Wildman–Crippen LogP) is 5.79. The van der Waals surface area contributed by atoms with Crippen LogP contribution in [0.4, 0.5) is 5.69 Å². The van der Waals surface area contributed by atoms with Gasteiger partial charge in [-0.2, -0.15) is 5.10 Å². The highest BCUT2D eigenvalue weighted by molar-refractivity contribution is 6.01. The molecular weight excluding hydrogens is 438 g/mol. The van der Waals surface area contributed by atoms with Crippen LogP contribution in [0, 0.1) is 13.8 Å². The lowest BCUT2D eigenvalue weighted by atomic mass is 10.1. The summed E-state index contributed by atoms with van der Waals surface area (Å²) >= 11 is 0. The van der Waals surface area contributed by atoms with Gasteiger partial charge in [0.05, 0.1) is 25.5 Å². The number of aromatic nitrogens is 2. The van der Waals surface area contributed by atoms with E-state index in [9.17, 15) is 4.79 Å². The molecule has 6 heteroatoms. The van der Waals surface area contributed by atoms with Gasteiger partial charge in [0.25, 0.3) is 0 Å². The summed E-state index contributed by atoms with van der Waals surface area (Å²) in [5.74, 6) is 1.34. The van der Waals surface area contributed by atoms with Crippen LogP contribution in [0.25, 0.3) is 6.08 Å². The van der Waals surface area contributed by atoms with Gasteiger partial charge >= 0.3 is 0 Å². The normalized spacial score (nSPS) is 10.9. The monoisotopic (exact) mass is 467 g/mol. The number of hydrogen-bond acceptors (Lipinski definition) is 4. The quantitative estimate of drug-likeness (QED) is 0.317. The fourth-order valence-electron chi connectivity index (χ4n) is 3.64. The molecule has 1 aromatic heterocycles. The number of aryl methyl sites for hydroxylation is 2. The van der Waals surface area contributed by atoms with Gasteiger partial charge in [-0.3, -0.25) is 9.48 Å². The number of ether oxygens (including phenoxy) is 2. The molecule has 1 heterocycles. The molecule has 0 aliphatic heterocycles. The van der Waals surface area contributed by atoms with Gasteiger partial charge in [-0.1, -0.05) is 54.1 Å². The van der Waals surface area contributed by atoms with Crippen molar-refractivity contribution in [2.24, 2.45) is 0 Å². The van der Waals surface area contributed by atoms with Crippen molar-refractivity contribution in [3.05, 3.63) is 113 Å². The number of nitrogens with one attached hydrogen (secondary N) is 1. The van der Waals surface area contributed by atoms with Crippen LogP contribution in [0.5, 0.6) is 11.5 Å². The maximum atomic E-state index is 12.5. The average molecular weight is 468 g/mol. The Morgan fingerprint density at radius 3 is 2.60 bits per heavy atom. The molecule has 0 atom stereocenters. The molecule has 0 unspecified atom stereocenters. The van der Waals surface area contributed by atoms with Crippen molar-refractivity contribution in [1.29, 1.82) is 0 Å². The molecule has 4 aromatic rings. The highest BCUT2D eigenvalue weighted by Crippen LogP contribution is 2.24. The zero-order valence-electron chi connectivity index (χ0n) is 20.2. The lowest BCUT2D eigenvalue weighted by Crippen LogP contribution is -2.07. The zero-order chi connectivity index (χ0) is 24.6. The average Bonchev–Trinajstić information content (AvgIpc) is 3.30. The van der Waals surface area contributed by atoms with Crippen molar-refractivity contribution in [3.63, 3.8) is 0 Å². The second kappa shape index (κ2) is 11.2. The summed E-state index contributed by atoms with van der Waals surface area (Å²) < 4.78 is 13.3. The topological polar surface area (TPSA) is 65.4 Å². The van der Waals surface area contributed by atoms with Crippen LogP contribution < -0.4 is 14.8 Å². The molecule has 4 rings (SSSR count). The molecule has 1 N–H and O–H groups in total.